The SMILES string of the molecule is CCN(CC)S(=O)(=O)c1ccc(=O)n(CC(=O)N(c2ccccc2)c2nc(C)cs2)c1. The van der Waals surface area contributed by atoms with Gasteiger partial charge in [0.15, 0.2) is 5.13 Å². The molecule has 10 heteroatoms. The van der Waals surface area contributed by atoms with Crippen LogP contribution in [0.3, 0.4) is 0 Å². The quantitative estimate of drug-likeness (QED) is 0.515. The highest BCUT2D eigenvalue weighted by Gasteiger charge is 2.25. The molecule has 164 valence electrons. The molecule has 3 aromatic rings. The summed E-state index contributed by atoms with van der Waals surface area (Å²) in [6.07, 6.45) is 1.23. The topological polar surface area (TPSA) is 92.6 Å². The molecule has 3 rings (SSSR count). The molecule has 0 fully saturated rings. The van der Waals surface area contributed by atoms with Crippen molar-refractivity contribution < 1.29 is 13.2 Å². The third-order valence-electron chi connectivity index (χ3n) is 4.67. The zero-order valence-corrected chi connectivity index (χ0v) is 19.2. The minimum atomic E-state index is -3.76. The van der Waals surface area contributed by atoms with Crippen LogP contribution in [0.1, 0.15) is 19.5 Å². The Hall–Kier alpha value is -2.82. The summed E-state index contributed by atoms with van der Waals surface area (Å²) in [5.41, 5.74) is 0.926. The lowest BCUT2D eigenvalue weighted by molar-refractivity contribution is -0.118. The maximum atomic E-state index is 13.3. The molecule has 0 radical (unpaired) electrons. The van der Waals surface area contributed by atoms with Crippen molar-refractivity contribution in [2.75, 3.05) is 18.0 Å². The Morgan fingerprint density at radius 2 is 1.77 bits per heavy atom. The lowest BCUT2D eigenvalue weighted by atomic mass is 10.3. The number of rotatable bonds is 8. The molecule has 0 atom stereocenters. The smallest absolute Gasteiger partial charge is 0.253 e. The van der Waals surface area contributed by atoms with Gasteiger partial charge in [0.1, 0.15) is 6.54 Å². The number of hydrogen-bond donors (Lipinski definition) is 0. The number of aromatic nitrogens is 2. The molecule has 0 N–H and O–H groups in total. The second kappa shape index (κ2) is 9.54. The minimum Gasteiger partial charge on any atom is -0.305 e. The molecule has 1 aromatic carbocycles. The molecule has 0 aliphatic carbocycles. The summed E-state index contributed by atoms with van der Waals surface area (Å²) in [5.74, 6) is -0.403. The molecule has 2 aromatic heterocycles. The molecule has 0 bridgehead atoms. The zero-order valence-electron chi connectivity index (χ0n) is 17.6. The van der Waals surface area contributed by atoms with E-state index in [1.54, 1.807) is 38.1 Å². The Kier molecular flexibility index (Phi) is 7.04. The van der Waals surface area contributed by atoms with E-state index in [4.69, 9.17) is 0 Å². The number of nitrogens with zero attached hydrogens (tertiary/aromatic N) is 4. The van der Waals surface area contributed by atoms with Crippen molar-refractivity contribution in [3.8, 4) is 0 Å². The van der Waals surface area contributed by atoms with Gasteiger partial charge in [-0.3, -0.25) is 14.5 Å². The van der Waals surface area contributed by atoms with Gasteiger partial charge >= 0.3 is 0 Å². The van der Waals surface area contributed by atoms with E-state index in [2.05, 4.69) is 4.98 Å². The third-order valence-corrected chi connectivity index (χ3v) is 7.64. The number of pyridine rings is 1. The van der Waals surface area contributed by atoms with Gasteiger partial charge in [-0.2, -0.15) is 4.31 Å². The maximum Gasteiger partial charge on any atom is 0.253 e. The summed E-state index contributed by atoms with van der Waals surface area (Å²) in [5, 5.41) is 2.32. The molecule has 0 saturated heterocycles. The maximum absolute atomic E-state index is 13.3. The highest BCUT2D eigenvalue weighted by Crippen LogP contribution is 2.28. The predicted octanol–water partition coefficient (Wildman–Crippen LogP) is 3.01. The van der Waals surface area contributed by atoms with E-state index in [0.29, 0.717) is 23.9 Å². The van der Waals surface area contributed by atoms with Crippen molar-refractivity contribution in [1.29, 1.82) is 0 Å². The van der Waals surface area contributed by atoms with Crippen molar-refractivity contribution >= 4 is 38.1 Å². The molecule has 0 aliphatic heterocycles. The van der Waals surface area contributed by atoms with E-state index < -0.39 is 21.5 Å². The molecular formula is C21H24N4O4S2. The Bertz CT molecular complexity index is 1220. The number of thiazole rings is 1. The molecule has 31 heavy (non-hydrogen) atoms. The standard InChI is InChI=1S/C21H24N4O4S2/c1-4-24(5-2)31(28,29)18-11-12-19(26)23(13-18)14-20(27)25(17-9-7-6-8-10-17)21-22-16(3)15-30-21/h6-13,15H,4-5,14H2,1-3H3. The number of aryl methyl sites for hydroxylation is 1. The summed E-state index contributed by atoms with van der Waals surface area (Å²) >= 11 is 1.32. The number of sulfonamides is 1. The lowest BCUT2D eigenvalue weighted by Crippen LogP contribution is -2.35. The number of para-hydroxylation sites is 1. The van der Waals surface area contributed by atoms with E-state index in [1.807, 2.05) is 18.4 Å². The van der Waals surface area contributed by atoms with Gasteiger partial charge in [0.2, 0.25) is 10.0 Å². The van der Waals surface area contributed by atoms with Crippen LogP contribution in [0.2, 0.25) is 0 Å². The van der Waals surface area contributed by atoms with Crippen LogP contribution in [0.4, 0.5) is 10.8 Å². The number of anilines is 2. The lowest BCUT2D eigenvalue weighted by Gasteiger charge is -2.21. The fourth-order valence-electron chi connectivity index (χ4n) is 3.10. The van der Waals surface area contributed by atoms with E-state index in [1.165, 1.54) is 38.9 Å². The largest absolute Gasteiger partial charge is 0.305 e. The van der Waals surface area contributed by atoms with E-state index in [9.17, 15) is 18.0 Å². The molecule has 0 unspecified atom stereocenters. The van der Waals surface area contributed by atoms with Crippen LogP contribution in [0.5, 0.6) is 0 Å². The Balaban J connectivity index is 1.98. The van der Waals surface area contributed by atoms with Gasteiger partial charge in [-0.15, -0.1) is 11.3 Å². The van der Waals surface area contributed by atoms with E-state index >= 15 is 0 Å². The predicted molar refractivity (Wildman–Crippen MR) is 121 cm³/mol. The monoisotopic (exact) mass is 460 g/mol. The van der Waals surface area contributed by atoms with Crippen LogP contribution in [0.25, 0.3) is 0 Å². The summed E-state index contributed by atoms with van der Waals surface area (Å²) in [7, 11) is -3.76. The minimum absolute atomic E-state index is 0.0278. The second-order valence-electron chi connectivity index (χ2n) is 6.76. The van der Waals surface area contributed by atoms with Gasteiger partial charge in [0.25, 0.3) is 11.5 Å². The summed E-state index contributed by atoms with van der Waals surface area (Å²) in [6.45, 7) is 5.61. The Labute approximate surface area is 185 Å². The van der Waals surface area contributed by atoms with Gasteiger partial charge in [-0.25, -0.2) is 13.4 Å². The van der Waals surface area contributed by atoms with Gasteiger partial charge in [-0.1, -0.05) is 32.0 Å². The van der Waals surface area contributed by atoms with Gasteiger partial charge in [0, 0.05) is 30.7 Å². The normalized spacial score (nSPS) is 11.6. The van der Waals surface area contributed by atoms with Crippen molar-refractivity contribution in [3.63, 3.8) is 0 Å². The highest BCUT2D eigenvalue weighted by atomic mass is 32.2. The Morgan fingerprint density at radius 3 is 2.35 bits per heavy atom. The number of amides is 1. The first kappa shape index (κ1) is 22.9. The first-order chi connectivity index (χ1) is 14.8. The second-order valence-corrected chi connectivity index (χ2v) is 9.53. The van der Waals surface area contributed by atoms with Crippen LogP contribution in [0.15, 0.2) is 63.7 Å². The van der Waals surface area contributed by atoms with Crippen LogP contribution in [-0.4, -0.2) is 41.3 Å². The number of benzene rings is 1. The van der Waals surface area contributed by atoms with E-state index in [0.717, 1.165) is 10.3 Å². The van der Waals surface area contributed by atoms with Crippen LogP contribution in [0, 0.1) is 6.92 Å². The molecule has 0 spiro atoms. The molecular weight excluding hydrogens is 436 g/mol. The Morgan fingerprint density at radius 1 is 1.10 bits per heavy atom. The molecule has 1 amide bonds. The third kappa shape index (κ3) is 4.92. The number of carbonyl (C=O) groups excluding carboxylic acids is 1. The summed E-state index contributed by atoms with van der Waals surface area (Å²) in [6, 6.07) is 11.4. The average Bonchev–Trinajstić information content (AvgIpc) is 3.16. The van der Waals surface area contributed by atoms with Crippen LogP contribution >= 0.6 is 11.3 Å². The molecule has 0 saturated carbocycles. The number of carbonyl (C=O) groups is 1. The molecule has 2 heterocycles. The van der Waals surface area contributed by atoms with Crippen molar-refractivity contribution in [2.24, 2.45) is 0 Å². The first-order valence-corrected chi connectivity index (χ1v) is 12.1. The van der Waals surface area contributed by atoms with Gasteiger partial charge in [0.05, 0.1) is 16.3 Å². The fourth-order valence-corrected chi connectivity index (χ4v) is 5.41. The van der Waals surface area contributed by atoms with Crippen LogP contribution < -0.4 is 10.5 Å². The first-order valence-electron chi connectivity index (χ1n) is 9.78. The molecule has 0 aliphatic rings. The zero-order chi connectivity index (χ0) is 22.6. The summed E-state index contributed by atoms with van der Waals surface area (Å²) in [4.78, 5) is 31.5. The molecule has 8 nitrogen and oxygen atoms in total. The summed E-state index contributed by atoms with van der Waals surface area (Å²) < 4.78 is 28.1. The van der Waals surface area contributed by atoms with Crippen molar-refractivity contribution in [1.82, 2.24) is 13.9 Å². The van der Waals surface area contributed by atoms with Crippen molar-refractivity contribution in [2.45, 2.75) is 32.2 Å². The van der Waals surface area contributed by atoms with Crippen molar-refractivity contribution in [3.05, 3.63) is 70.1 Å². The van der Waals surface area contributed by atoms with Gasteiger partial charge in [-0.05, 0) is 25.1 Å². The average molecular weight is 461 g/mol. The number of hydrogen-bond acceptors (Lipinski definition) is 6. The van der Waals surface area contributed by atoms with Crippen LogP contribution in [-0.2, 0) is 21.4 Å². The highest BCUT2D eigenvalue weighted by molar-refractivity contribution is 7.89. The fraction of sp³-hybridized carbons (Fsp3) is 0.286. The van der Waals surface area contributed by atoms with Gasteiger partial charge < -0.3 is 4.57 Å². The van der Waals surface area contributed by atoms with E-state index in [-0.39, 0.29) is 11.4 Å².